The van der Waals surface area contributed by atoms with Gasteiger partial charge in [-0.2, -0.15) is 5.26 Å². The lowest BCUT2D eigenvalue weighted by molar-refractivity contribution is 0.509. The highest BCUT2D eigenvalue weighted by atomic mass is 19.2. The highest BCUT2D eigenvalue weighted by molar-refractivity contribution is 5.62. The maximum absolute atomic E-state index is 13.8. The van der Waals surface area contributed by atoms with Crippen LogP contribution in [-0.2, 0) is 0 Å². The van der Waals surface area contributed by atoms with Gasteiger partial charge in [-0.05, 0) is 35.7 Å². The van der Waals surface area contributed by atoms with Crippen LogP contribution >= 0.6 is 0 Å². The molecular formula is C16H14F2N2. The fraction of sp³-hybridized carbons (Fsp3) is 0.188. The molecule has 0 spiro atoms. The Morgan fingerprint density at radius 2 is 1.85 bits per heavy atom. The number of rotatable bonds is 3. The SMILES string of the molecule is CC(C)c1cccc(Nc2ccc(C#N)c(F)c2F)c1. The quantitative estimate of drug-likeness (QED) is 0.878. The van der Waals surface area contributed by atoms with Gasteiger partial charge in [0.25, 0.3) is 0 Å². The van der Waals surface area contributed by atoms with Gasteiger partial charge in [0.2, 0.25) is 0 Å². The van der Waals surface area contributed by atoms with Gasteiger partial charge < -0.3 is 5.32 Å². The van der Waals surface area contributed by atoms with Crippen molar-refractivity contribution in [2.75, 3.05) is 5.32 Å². The molecule has 1 N–H and O–H groups in total. The van der Waals surface area contributed by atoms with Crippen LogP contribution in [-0.4, -0.2) is 0 Å². The second-order valence-corrected chi connectivity index (χ2v) is 4.81. The third-order valence-corrected chi connectivity index (χ3v) is 3.04. The monoisotopic (exact) mass is 272 g/mol. The Hall–Kier alpha value is -2.41. The van der Waals surface area contributed by atoms with Crippen LogP contribution < -0.4 is 5.32 Å². The van der Waals surface area contributed by atoms with Crippen molar-refractivity contribution >= 4 is 11.4 Å². The molecule has 20 heavy (non-hydrogen) atoms. The zero-order chi connectivity index (χ0) is 14.7. The van der Waals surface area contributed by atoms with Crippen molar-refractivity contribution in [1.82, 2.24) is 0 Å². The first-order chi connectivity index (χ1) is 9.52. The summed E-state index contributed by atoms with van der Waals surface area (Å²) < 4.78 is 27.3. The van der Waals surface area contributed by atoms with Gasteiger partial charge in [0, 0.05) is 5.69 Å². The number of nitriles is 1. The first-order valence-electron chi connectivity index (χ1n) is 6.28. The van der Waals surface area contributed by atoms with Gasteiger partial charge in [-0.1, -0.05) is 26.0 Å². The Bertz CT molecular complexity index is 673. The van der Waals surface area contributed by atoms with Crippen molar-refractivity contribution in [2.45, 2.75) is 19.8 Å². The highest BCUT2D eigenvalue weighted by Gasteiger charge is 2.13. The minimum atomic E-state index is -1.13. The number of hydrogen-bond acceptors (Lipinski definition) is 2. The predicted molar refractivity (Wildman–Crippen MR) is 74.9 cm³/mol. The molecule has 0 amide bonds. The van der Waals surface area contributed by atoms with Crippen LogP contribution in [0.1, 0.15) is 30.9 Å². The first kappa shape index (κ1) is 14.0. The van der Waals surface area contributed by atoms with Gasteiger partial charge >= 0.3 is 0 Å². The summed E-state index contributed by atoms with van der Waals surface area (Å²) in [5.41, 5.74) is 1.50. The number of benzene rings is 2. The maximum Gasteiger partial charge on any atom is 0.183 e. The van der Waals surface area contributed by atoms with E-state index in [0.717, 1.165) is 5.56 Å². The molecule has 0 saturated carbocycles. The van der Waals surface area contributed by atoms with Crippen LogP contribution in [0, 0.1) is 23.0 Å². The lowest BCUT2D eigenvalue weighted by Crippen LogP contribution is -1.99. The summed E-state index contributed by atoms with van der Waals surface area (Å²) in [5, 5.41) is 11.5. The van der Waals surface area contributed by atoms with Crippen molar-refractivity contribution in [1.29, 1.82) is 5.26 Å². The van der Waals surface area contributed by atoms with Gasteiger partial charge in [0.1, 0.15) is 6.07 Å². The lowest BCUT2D eigenvalue weighted by atomic mass is 10.0. The Kier molecular flexibility index (Phi) is 3.99. The van der Waals surface area contributed by atoms with Crippen molar-refractivity contribution < 1.29 is 8.78 Å². The van der Waals surface area contributed by atoms with Crippen molar-refractivity contribution in [2.24, 2.45) is 0 Å². The molecule has 2 aromatic rings. The van der Waals surface area contributed by atoms with E-state index in [1.165, 1.54) is 12.1 Å². The highest BCUT2D eigenvalue weighted by Crippen LogP contribution is 2.25. The van der Waals surface area contributed by atoms with Crippen LogP contribution in [0.3, 0.4) is 0 Å². The Morgan fingerprint density at radius 1 is 1.10 bits per heavy atom. The van der Waals surface area contributed by atoms with E-state index in [-0.39, 0.29) is 11.3 Å². The molecule has 0 heterocycles. The van der Waals surface area contributed by atoms with Crippen LogP contribution in [0.2, 0.25) is 0 Å². The summed E-state index contributed by atoms with van der Waals surface area (Å²) in [6.07, 6.45) is 0. The van der Waals surface area contributed by atoms with E-state index in [1.807, 2.05) is 18.2 Å². The number of nitrogens with zero attached hydrogens (tertiary/aromatic N) is 1. The smallest absolute Gasteiger partial charge is 0.183 e. The largest absolute Gasteiger partial charge is 0.353 e. The van der Waals surface area contributed by atoms with E-state index in [4.69, 9.17) is 5.26 Å². The molecule has 2 aromatic carbocycles. The van der Waals surface area contributed by atoms with Gasteiger partial charge in [-0.25, -0.2) is 8.78 Å². The third-order valence-electron chi connectivity index (χ3n) is 3.04. The molecule has 0 aliphatic carbocycles. The van der Waals surface area contributed by atoms with E-state index in [0.29, 0.717) is 11.6 Å². The predicted octanol–water partition coefficient (Wildman–Crippen LogP) is 4.70. The van der Waals surface area contributed by atoms with Gasteiger partial charge in [0.15, 0.2) is 11.6 Å². The zero-order valence-corrected chi connectivity index (χ0v) is 11.2. The molecule has 4 heteroatoms. The molecule has 0 atom stereocenters. The van der Waals surface area contributed by atoms with Crippen molar-refractivity contribution in [3.8, 4) is 6.07 Å². The average molecular weight is 272 g/mol. The minimum Gasteiger partial charge on any atom is -0.353 e. The van der Waals surface area contributed by atoms with Crippen LogP contribution in [0.25, 0.3) is 0 Å². The van der Waals surface area contributed by atoms with Crippen LogP contribution in [0.4, 0.5) is 20.2 Å². The molecule has 0 aromatic heterocycles. The molecular weight excluding hydrogens is 258 g/mol. The molecule has 102 valence electrons. The molecule has 0 saturated heterocycles. The molecule has 2 rings (SSSR count). The molecule has 0 fully saturated rings. The van der Waals surface area contributed by atoms with Gasteiger partial charge in [-0.3, -0.25) is 0 Å². The maximum atomic E-state index is 13.8. The Balaban J connectivity index is 2.34. The van der Waals surface area contributed by atoms with Crippen molar-refractivity contribution in [3.63, 3.8) is 0 Å². The summed E-state index contributed by atoms with van der Waals surface area (Å²) in [5.74, 6) is -1.82. The number of nitrogens with one attached hydrogen (secondary N) is 1. The molecule has 0 aliphatic rings. The van der Waals surface area contributed by atoms with Crippen LogP contribution in [0.5, 0.6) is 0 Å². The number of hydrogen-bond donors (Lipinski definition) is 1. The molecule has 0 unspecified atom stereocenters. The summed E-state index contributed by atoms with van der Waals surface area (Å²) in [7, 11) is 0. The van der Waals surface area contributed by atoms with E-state index in [1.54, 1.807) is 12.1 Å². The normalized spacial score (nSPS) is 10.4. The number of anilines is 2. The fourth-order valence-corrected chi connectivity index (χ4v) is 1.86. The van der Waals surface area contributed by atoms with E-state index < -0.39 is 11.6 Å². The minimum absolute atomic E-state index is 0.0161. The molecule has 0 bridgehead atoms. The Labute approximate surface area is 116 Å². The fourth-order valence-electron chi connectivity index (χ4n) is 1.86. The first-order valence-corrected chi connectivity index (χ1v) is 6.28. The second-order valence-electron chi connectivity index (χ2n) is 4.81. The van der Waals surface area contributed by atoms with E-state index in [9.17, 15) is 8.78 Å². The second kappa shape index (κ2) is 5.70. The van der Waals surface area contributed by atoms with Gasteiger partial charge in [0.05, 0.1) is 11.3 Å². The molecule has 0 aliphatic heterocycles. The number of halogens is 2. The van der Waals surface area contributed by atoms with Crippen molar-refractivity contribution in [3.05, 3.63) is 59.2 Å². The summed E-state index contributed by atoms with van der Waals surface area (Å²) in [4.78, 5) is 0. The van der Waals surface area contributed by atoms with E-state index in [2.05, 4.69) is 19.2 Å². The van der Waals surface area contributed by atoms with E-state index >= 15 is 0 Å². The third kappa shape index (κ3) is 2.77. The zero-order valence-electron chi connectivity index (χ0n) is 11.2. The topological polar surface area (TPSA) is 35.8 Å². The summed E-state index contributed by atoms with van der Waals surface area (Å²) in [6, 6.07) is 11.7. The Morgan fingerprint density at radius 3 is 2.50 bits per heavy atom. The summed E-state index contributed by atoms with van der Waals surface area (Å²) in [6.45, 7) is 4.11. The van der Waals surface area contributed by atoms with Gasteiger partial charge in [-0.15, -0.1) is 0 Å². The average Bonchev–Trinajstić information content (AvgIpc) is 2.44. The van der Waals surface area contributed by atoms with Crippen LogP contribution in [0.15, 0.2) is 36.4 Å². The molecule has 0 radical (unpaired) electrons. The molecule has 2 nitrogen and oxygen atoms in total. The standard InChI is InChI=1S/C16H14F2N2/c1-10(2)11-4-3-5-13(8-11)20-14-7-6-12(9-19)15(17)16(14)18/h3-8,10,20H,1-2H3. The summed E-state index contributed by atoms with van der Waals surface area (Å²) >= 11 is 0. The lowest BCUT2D eigenvalue weighted by Gasteiger charge is -2.11.